The van der Waals surface area contributed by atoms with Crippen molar-refractivity contribution in [3.63, 3.8) is 0 Å². The van der Waals surface area contributed by atoms with Gasteiger partial charge in [0.2, 0.25) is 0 Å². The van der Waals surface area contributed by atoms with Crippen molar-refractivity contribution in [1.29, 1.82) is 0 Å². The second-order valence-corrected chi connectivity index (χ2v) is 5.75. The molecule has 114 valence electrons. The molecule has 0 saturated carbocycles. The number of hydrogen-bond acceptors (Lipinski definition) is 7. The van der Waals surface area contributed by atoms with Crippen LogP contribution in [0.25, 0.3) is 0 Å². The molecule has 0 aliphatic heterocycles. The third-order valence-electron chi connectivity index (χ3n) is 2.19. The van der Waals surface area contributed by atoms with Crippen LogP contribution in [0.1, 0.15) is 6.42 Å². The zero-order valence-electron chi connectivity index (χ0n) is 11.6. The molecule has 8 heteroatoms. The van der Waals surface area contributed by atoms with E-state index in [0.29, 0.717) is 0 Å². The molecule has 0 aromatic rings. The van der Waals surface area contributed by atoms with E-state index in [2.05, 4.69) is 22.6 Å². The van der Waals surface area contributed by atoms with Gasteiger partial charge < -0.3 is 18.5 Å². The Kier molecular flexibility index (Phi) is 8.79. The Morgan fingerprint density at radius 2 is 1.60 bits per heavy atom. The van der Waals surface area contributed by atoms with Crippen molar-refractivity contribution in [2.45, 2.75) is 12.1 Å². The molecule has 0 aromatic carbocycles. The maximum Gasteiger partial charge on any atom is 0.346 e. The smallest absolute Gasteiger partial charge is 0.346 e. The first-order valence-electron chi connectivity index (χ1n) is 5.70. The Labute approximate surface area is 118 Å². The van der Waals surface area contributed by atoms with E-state index in [4.69, 9.17) is 9.05 Å². The Balaban J connectivity index is 5.30. The number of rotatable bonds is 10. The van der Waals surface area contributed by atoms with Gasteiger partial charge in [0.1, 0.15) is 0 Å². The van der Waals surface area contributed by atoms with E-state index in [1.54, 1.807) is 0 Å². The highest BCUT2D eigenvalue weighted by Crippen LogP contribution is 2.54. The quantitative estimate of drug-likeness (QED) is 0.345. The van der Waals surface area contributed by atoms with Crippen LogP contribution in [0.4, 0.5) is 0 Å². The molecule has 0 amide bonds. The molecule has 0 heterocycles. The molecule has 0 radical (unpaired) electrons. The number of carbonyl (C=O) groups is 2. The fourth-order valence-corrected chi connectivity index (χ4v) is 3.03. The second kappa shape index (κ2) is 9.47. The summed E-state index contributed by atoms with van der Waals surface area (Å²) in [7, 11) is -1.66. The lowest BCUT2D eigenvalue weighted by Crippen LogP contribution is -2.28. The first kappa shape index (κ1) is 18.6. The topological polar surface area (TPSA) is 88.1 Å². The number of esters is 2. The van der Waals surface area contributed by atoms with Crippen LogP contribution in [-0.2, 0) is 32.7 Å². The van der Waals surface area contributed by atoms with Crippen molar-refractivity contribution in [2.75, 3.05) is 27.4 Å². The summed E-state index contributed by atoms with van der Waals surface area (Å²) in [6, 6.07) is 0. The van der Waals surface area contributed by atoms with Gasteiger partial charge in [-0.05, 0) is 0 Å². The third kappa shape index (κ3) is 5.69. The standard InChI is InChI=1S/C12H19O7P/c1-5-7-18-20(15,19-8-6-2)10(12(14)17-4)9-11(13)16-3/h5-6,10H,1-2,7-9H2,3-4H3. The molecule has 0 saturated heterocycles. The fraction of sp³-hybridized carbons (Fsp3) is 0.500. The average Bonchev–Trinajstić information content (AvgIpc) is 2.47. The molecule has 7 nitrogen and oxygen atoms in total. The largest absolute Gasteiger partial charge is 0.469 e. The lowest BCUT2D eigenvalue weighted by Gasteiger charge is -2.23. The van der Waals surface area contributed by atoms with Gasteiger partial charge in [-0.15, -0.1) is 13.2 Å². The van der Waals surface area contributed by atoms with E-state index in [9.17, 15) is 14.2 Å². The number of hydrogen-bond donors (Lipinski definition) is 0. The van der Waals surface area contributed by atoms with E-state index in [1.165, 1.54) is 12.2 Å². The van der Waals surface area contributed by atoms with Crippen LogP contribution >= 0.6 is 7.60 Å². The Morgan fingerprint density at radius 3 is 1.95 bits per heavy atom. The lowest BCUT2D eigenvalue weighted by molar-refractivity contribution is -0.147. The molecule has 0 aromatic heterocycles. The summed E-state index contributed by atoms with van der Waals surface area (Å²) >= 11 is 0. The highest BCUT2D eigenvalue weighted by molar-refractivity contribution is 7.55. The van der Waals surface area contributed by atoms with E-state index in [1.807, 2.05) is 0 Å². The summed E-state index contributed by atoms with van der Waals surface area (Å²) in [5, 5.41) is 0. The zero-order valence-corrected chi connectivity index (χ0v) is 12.5. The van der Waals surface area contributed by atoms with Crippen molar-refractivity contribution in [3.8, 4) is 0 Å². The van der Waals surface area contributed by atoms with Crippen molar-refractivity contribution >= 4 is 19.5 Å². The summed E-state index contributed by atoms with van der Waals surface area (Å²) in [6.45, 7) is 6.62. The van der Waals surface area contributed by atoms with Gasteiger partial charge in [-0.1, -0.05) is 12.2 Å². The van der Waals surface area contributed by atoms with Crippen LogP contribution in [0.3, 0.4) is 0 Å². The molecule has 0 fully saturated rings. The fourth-order valence-electron chi connectivity index (χ4n) is 1.23. The average molecular weight is 306 g/mol. The molecule has 0 N–H and O–H groups in total. The van der Waals surface area contributed by atoms with Crippen LogP contribution in [0.2, 0.25) is 0 Å². The van der Waals surface area contributed by atoms with E-state index in [0.717, 1.165) is 14.2 Å². The molecular weight excluding hydrogens is 287 g/mol. The summed E-state index contributed by atoms with van der Waals surface area (Å²) in [6.07, 6.45) is 2.21. The zero-order chi connectivity index (χ0) is 15.6. The number of carbonyl (C=O) groups excluding carboxylic acids is 2. The summed E-state index contributed by atoms with van der Waals surface area (Å²) in [5.41, 5.74) is -1.40. The van der Waals surface area contributed by atoms with Crippen LogP contribution in [0, 0.1) is 0 Å². The van der Waals surface area contributed by atoms with Crippen molar-refractivity contribution in [1.82, 2.24) is 0 Å². The lowest BCUT2D eigenvalue weighted by atomic mass is 10.3. The van der Waals surface area contributed by atoms with Gasteiger partial charge in [-0.2, -0.15) is 0 Å². The maximum absolute atomic E-state index is 12.6. The van der Waals surface area contributed by atoms with Gasteiger partial charge in [-0.3, -0.25) is 14.2 Å². The predicted molar refractivity (Wildman–Crippen MR) is 72.3 cm³/mol. The van der Waals surface area contributed by atoms with Gasteiger partial charge in [0, 0.05) is 0 Å². The minimum atomic E-state index is -3.92. The summed E-state index contributed by atoms with van der Waals surface area (Å²) in [5.74, 6) is -1.61. The summed E-state index contributed by atoms with van der Waals surface area (Å²) in [4.78, 5) is 23.1. The van der Waals surface area contributed by atoms with Gasteiger partial charge in [0.25, 0.3) is 0 Å². The second-order valence-electron chi connectivity index (χ2n) is 3.53. The molecule has 1 atom stereocenters. The van der Waals surface area contributed by atoms with Gasteiger partial charge in [0.05, 0.1) is 33.9 Å². The Hall–Kier alpha value is -1.43. The number of ether oxygens (including phenoxy) is 2. The van der Waals surface area contributed by atoms with Crippen LogP contribution in [-0.4, -0.2) is 45.0 Å². The monoisotopic (exact) mass is 306 g/mol. The van der Waals surface area contributed by atoms with E-state index in [-0.39, 0.29) is 13.2 Å². The van der Waals surface area contributed by atoms with E-state index >= 15 is 0 Å². The third-order valence-corrected chi connectivity index (χ3v) is 4.36. The molecule has 1 unspecified atom stereocenters. The maximum atomic E-state index is 12.6. The normalized spacial score (nSPS) is 12.3. The van der Waals surface area contributed by atoms with Crippen molar-refractivity contribution in [3.05, 3.63) is 25.3 Å². The van der Waals surface area contributed by atoms with Crippen LogP contribution in [0.15, 0.2) is 25.3 Å². The van der Waals surface area contributed by atoms with E-state index < -0.39 is 31.6 Å². The molecule has 0 aliphatic rings. The highest BCUT2D eigenvalue weighted by Gasteiger charge is 2.43. The van der Waals surface area contributed by atoms with Gasteiger partial charge in [-0.25, -0.2) is 0 Å². The summed E-state index contributed by atoms with van der Waals surface area (Å²) < 4.78 is 31.8. The first-order chi connectivity index (χ1) is 9.45. The highest BCUT2D eigenvalue weighted by atomic mass is 31.2. The molecule has 0 bridgehead atoms. The number of methoxy groups -OCH3 is 2. The van der Waals surface area contributed by atoms with Gasteiger partial charge in [0.15, 0.2) is 5.66 Å². The molecule has 0 aliphatic carbocycles. The van der Waals surface area contributed by atoms with Crippen molar-refractivity contribution in [2.24, 2.45) is 0 Å². The molecular formula is C12H19O7P. The van der Waals surface area contributed by atoms with Crippen LogP contribution < -0.4 is 0 Å². The minimum Gasteiger partial charge on any atom is -0.469 e. The predicted octanol–water partition coefficient (Wildman–Crippen LogP) is 1.69. The minimum absolute atomic E-state index is 0.108. The van der Waals surface area contributed by atoms with Crippen LogP contribution in [0.5, 0.6) is 0 Å². The Morgan fingerprint density at radius 1 is 1.10 bits per heavy atom. The Bertz CT molecular complexity index is 389. The van der Waals surface area contributed by atoms with Crippen molar-refractivity contribution < 1.29 is 32.7 Å². The SMILES string of the molecule is C=CCOP(=O)(OCC=C)C(CC(=O)OC)C(=O)OC. The molecule has 0 rings (SSSR count). The molecule has 0 spiro atoms. The molecule has 20 heavy (non-hydrogen) atoms. The first-order valence-corrected chi connectivity index (χ1v) is 7.31. The van der Waals surface area contributed by atoms with Gasteiger partial charge >= 0.3 is 19.5 Å².